The average Bonchev–Trinajstić information content (AvgIpc) is 2.29. The molecule has 2 rings (SSSR count). The molecule has 1 aliphatic heterocycles. The van der Waals surface area contributed by atoms with E-state index in [-0.39, 0.29) is 5.82 Å². The predicted octanol–water partition coefficient (Wildman–Crippen LogP) is 2.85. The lowest BCUT2D eigenvalue weighted by Crippen LogP contribution is -2.38. The van der Waals surface area contributed by atoms with Crippen molar-refractivity contribution in [2.45, 2.75) is 31.4 Å². The fraction of sp³-hybridized carbons (Fsp3) is 0.538. The average molecular weight is 225 g/mol. The number of alkyl halides is 1. The molecule has 1 heterocycles. The topological polar surface area (TPSA) is 12.0 Å². The van der Waals surface area contributed by atoms with E-state index in [0.29, 0.717) is 31.2 Å². The molecule has 1 fully saturated rings. The molecular formula is C13H17F2N. The minimum absolute atomic E-state index is 0.222. The zero-order valence-corrected chi connectivity index (χ0v) is 9.31. The van der Waals surface area contributed by atoms with E-state index in [9.17, 15) is 8.78 Å². The van der Waals surface area contributed by atoms with Crippen LogP contribution in [0.5, 0.6) is 0 Å². The Labute approximate surface area is 94.9 Å². The Balaban J connectivity index is 1.94. The third kappa shape index (κ3) is 2.79. The van der Waals surface area contributed by atoms with Gasteiger partial charge in [-0.15, -0.1) is 0 Å². The Morgan fingerprint density at radius 2 is 1.88 bits per heavy atom. The second-order valence-electron chi connectivity index (χ2n) is 4.49. The van der Waals surface area contributed by atoms with E-state index < -0.39 is 5.67 Å². The van der Waals surface area contributed by atoms with Crippen LogP contribution in [0.1, 0.15) is 24.8 Å². The molecule has 0 aliphatic carbocycles. The van der Waals surface area contributed by atoms with E-state index in [1.54, 1.807) is 18.2 Å². The van der Waals surface area contributed by atoms with Gasteiger partial charge in [0.05, 0.1) is 0 Å². The van der Waals surface area contributed by atoms with Gasteiger partial charge in [0, 0.05) is 0 Å². The van der Waals surface area contributed by atoms with Gasteiger partial charge in [-0.25, -0.2) is 8.78 Å². The lowest BCUT2D eigenvalue weighted by Gasteiger charge is -2.30. The lowest BCUT2D eigenvalue weighted by molar-refractivity contribution is 0.105. The van der Waals surface area contributed by atoms with Gasteiger partial charge in [-0.1, -0.05) is 18.2 Å². The number of hydrogen-bond donors (Lipinski definition) is 1. The van der Waals surface area contributed by atoms with E-state index in [2.05, 4.69) is 5.32 Å². The molecule has 1 aliphatic rings. The third-order valence-electron chi connectivity index (χ3n) is 3.30. The van der Waals surface area contributed by atoms with Gasteiger partial charge in [-0.2, -0.15) is 0 Å². The molecule has 88 valence electrons. The Morgan fingerprint density at radius 3 is 2.56 bits per heavy atom. The van der Waals surface area contributed by atoms with Crippen molar-refractivity contribution >= 4 is 0 Å². The Bertz CT molecular complexity index is 346. The molecule has 1 nitrogen and oxygen atoms in total. The van der Waals surface area contributed by atoms with E-state index >= 15 is 0 Å². The standard InChI is InChI=1S/C13H17F2N/c14-12-4-2-1-3-11(12)5-6-13(15)7-9-16-10-8-13/h1-4,16H,5-10H2. The van der Waals surface area contributed by atoms with Crippen molar-refractivity contribution in [2.75, 3.05) is 13.1 Å². The summed E-state index contributed by atoms with van der Waals surface area (Å²) in [5, 5.41) is 3.14. The van der Waals surface area contributed by atoms with Gasteiger partial charge in [0.25, 0.3) is 0 Å². The van der Waals surface area contributed by atoms with Crippen LogP contribution in [0.4, 0.5) is 8.78 Å². The first-order valence-corrected chi connectivity index (χ1v) is 5.83. The summed E-state index contributed by atoms with van der Waals surface area (Å²) >= 11 is 0. The minimum Gasteiger partial charge on any atom is -0.316 e. The van der Waals surface area contributed by atoms with Crippen LogP contribution in [0.15, 0.2) is 24.3 Å². The molecule has 0 amide bonds. The molecule has 0 atom stereocenters. The highest BCUT2D eigenvalue weighted by Gasteiger charge is 2.31. The van der Waals surface area contributed by atoms with E-state index in [1.807, 2.05) is 0 Å². The number of nitrogens with one attached hydrogen (secondary N) is 1. The normalized spacial score (nSPS) is 19.6. The van der Waals surface area contributed by atoms with Crippen LogP contribution in [0, 0.1) is 5.82 Å². The monoisotopic (exact) mass is 225 g/mol. The van der Waals surface area contributed by atoms with Crippen molar-refractivity contribution in [3.8, 4) is 0 Å². The second kappa shape index (κ2) is 4.91. The third-order valence-corrected chi connectivity index (χ3v) is 3.30. The van der Waals surface area contributed by atoms with Crippen LogP contribution in [-0.4, -0.2) is 18.8 Å². The van der Waals surface area contributed by atoms with Crippen LogP contribution in [-0.2, 0) is 6.42 Å². The number of hydrogen-bond acceptors (Lipinski definition) is 1. The summed E-state index contributed by atoms with van der Waals surface area (Å²) in [7, 11) is 0. The summed E-state index contributed by atoms with van der Waals surface area (Å²) in [6.07, 6.45) is 2.00. The lowest BCUT2D eigenvalue weighted by atomic mass is 9.88. The van der Waals surface area contributed by atoms with Gasteiger partial charge in [-0.3, -0.25) is 0 Å². The zero-order valence-electron chi connectivity index (χ0n) is 9.31. The van der Waals surface area contributed by atoms with Crippen LogP contribution >= 0.6 is 0 Å². The van der Waals surface area contributed by atoms with E-state index in [4.69, 9.17) is 0 Å². The van der Waals surface area contributed by atoms with Gasteiger partial charge < -0.3 is 5.32 Å². The highest BCUT2D eigenvalue weighted by molar-refractivity contribution is 5.17. The van der Waals surface area contributed by atoms with Crippen molar-refractivity contribution in [2.24, 2.45) is 0 Å². The molecule has 0 radical (unpaired) electrons. The first-order chi connectivity index (χ1) is 7.70. The van der Waals surface area contributed by atoms with E-state index in [1.165, 1.54) is 6.07 Å². The van der Waals surface area contributed by atoms with Gasteiger partial charge >= 0.3 is 0 Å². The molecule has 0 spiro atoms. The fourth-order valence-electron chi connectivity index (χ4n) is 2.18. The number of aryl methyl sites for hydroxylation is 1. The molecule has 1 N–H and O–H groups in total. The Hall–Kier alpha value is -0.960. The summed E-state index contributed by atoms with van der Waals surface area (Å²) < 4.78 is 27.6. The Kier molecular flexibility index (Phi) is 3.54. The molecule has 1 saturated heterocycles. The van der Waals surface area contributed by atoms with Crippen molar-refractivity contribution in [1.29, 1.82) is 0 Å². The highest BCUT2D eigenvalue weighted by atomic mass is 19.1. The van der Waals surface area contributed by atoms with Crippen LogP contribution in [0.3, 0.4) is 0 Å². The minimum atomic E-state index is -1.10. The van der Waals surface area contributed by atoms with Crippen LogP contribution in [0.2, 0.25) is 0 Å². The molecule has 0 saturated carbocycles. The maximum Gasteiger partial charge on any atom is 0.126 e. The van der Waals surface area contributed by atoms with Gasteiger partial charge in [0.1, 0.15) is 11.5 Å². The quantitative estimate of drug-likeness (QED) is 0.834. The van der Waals surface area contributed by atoms with Crippen LogP contribution in [0.25, 0.3) is 0 Å². The summed E-state index contributed by atoms with van der Waals surface area (Å²) in [5.41, 5.74) is -0.480. The molecule has 0 unspecified atom stereocenters. The molecule has 0 aromatic heterocycles. The summed E-state index contributed by atoms with van der Waals surface area (Å²) in [5.74, 6) is -0.222. The first kappa shape index (κ1) is 11.5. The molecular weight excluding hydrogens is 208 g/mol. The van der Waals surface area contributed by atoms with Crippen molar-refractivity contribution in [1.82, 2.24) is 5.32 Å². The van der Waals surface area contributed by atoms with Crippen molar-refractivity contribution in [3.63, 3.8) is 0 Å². The number of piperidine rings is 1. The highest BCUT2D eigenvalue weighted by Crippen LogP contribution is 2.29. The largest absolute Gasteiger partial charge is 0.316 e. The summed E-state index contributed by atoms with van der Waals surface area (Å²) in [6.45, 7) is 1.46. The Morgan fingerprint density at radius 1 is 1.19 bits per heavy atom. The maximum absolute atomic E-state index is 14.2. The molecule has 1 aromatic rings. The molecule has 16 heavy (non-hydrogen) atoms. The van der Waals surface area contributed by atoms with Gasteiger partial charge in [-0.05, 0) is 50.4 Å². The second-order valence-corrected chi connectivity index (χ2v) is 4.49. The summed E-state index contributed by atoms with van der Waals surface area (Å²) in [4.78, 5) is 0. The van der Waals surface area contributed by atoms with Crippen molar-refractivity contribution in [3.05, 3.63) is 35.6 Å². The van der Waals surface area contributed by atoms with Gasteiger partial charge in [0.2, 0.25) is 0 Å². The zero-order chi connectivity index (χ0) is 11.4. The first-order valence-electron chi connectivity index (χ1n) is 5.83. The smallest absolute Gasteiger partial charge is 0.126 e. The predicted molar refractivity (Wildman–Crippen MR) is 60.7 cm³/mol. The fourth-order valence-corrected chi connectivity index (χ4v) is 2.18. The number of benzene rings is 1. The maximum atomic E-state index is 14.2. The number of rotatable bonds is 3. The van der Waals surface area contributed by atoms with Crippen molar-refractivity contribution < 1.29 is 8.78 Å². The molecule has 1 aromatic carbocycles. The van der Waals surface area contributed by atoms with Gasteiger partial charge in [0.15, 0.2) is 0 Å². The van der Waals surface area contributed by atoms with Crippen LogP contribution < -0.4 is 5.32 Å². The molecule has 3 heteroatoms. The SMILES string of the molecule is Fc1ccccc1CCC1(F)CCNCC1. The van der Waals surface area contributed by atoms with E-state index in [0.717, 1.165) is 13.1 Å². The molecule has 0 bridgehead atoms. The summed E-state index contributed by atoms with van der Waals surface area (Å²) in [6, 6.07) is 6.63. The number of halogens is 2.